The van der Waals surface area contributed by atoms with Crippen LogP contribution in [0.2, 0.25) is 0 Å². The summed E-state index contributed by atoms with van der Waals surface area (Å²) in [6, 6.07) is 0. The van der Waals surface area contributed by atoms with Gasteiger partial charge in [0.25, 0.3) is 0 Å². The lowest BCUT2D eigenvalue weighted by Gasteiger charge is -2.27. The highest BCUT2D eigenvalue weighted by Crippen LogP contribution is 2.31. The molecule has 1 heterocycles. The van der Waals surface area contributed by atoms with E-state index in [0.29, 0.717) is 31.3 Å². The quantitative estimate of drug-likeness (QED) is 0.699. The van der Waals surface area contributed by atoms with E-state index in [9.17, 15) is 9.90 Å². The summed E-state index contributed by atoms with van der Waals surface area (Å²) in [5.74, 6) is 1.37. The molecule has 2 rings (SSSR count). The number of aliphatic hydroxyl groups excluding tert-OH is 2. The first-order valence-corrected chi connectivity index (χ1v) is 7.82. The fraction of sp³-hybridized carbons (Fsp3) is 0.933. The Morgan fingerprint density at radius 2 is 1.95 bits per heavy atom. The highest BCUT2D eigenvalue weighted by Gasteiger charge is 2.36. The number of hydrogen-bond donors (Lipinski definition) is 2. The summed E-state index contributed by atoms with van der Waals surface area (Å²) < 4.78 is 0. The van der Waals surface area contributed by atoms with Crippen molar-refractivity contribution in [1.82, 2.24) is 9.80 Å². The fourth-order valence-corrected chi connectivity index (χ4v) is 3.29. The van der Waals surface area contributed by atoms with Crippen molar-refractivity contribution in [3.05, 3.63) is 0 Å². The predicted molar refractivity (Wildman–Crippen MR) is 77.2 cm³/mol. The van der Waals surface area contributed by atoms with E-state index >= 15 is 0 Å². The summed E-state index contributed by atoms with van der Waals surface area (Å²) >= 11 is 0. The molecule has 5 heteroatoms. The number of nitrogens with zero attached hydrogens (tertiary/aromatic N) is 2. The number of likely N-dealkylation sites (tertiary alicyclic amines) is 1. The SMILES string of the molecule is CN(CCO)C[C@@H]1CN(C(=O)CC2CCC2)C[C@@H]1CO. The third-order valence-electron chi connectivity index (χ3n) is 4.88. The van der Waals surface area contributed by atoms with Gasteiger partial charge in [-0.25, -0.2) is 0 Å². The van der Waals surface area contributed by atoms with Gasteiger partial charge in [-0.3, -0.25) is 4.79 Å². The average Bonchev–Trinajstić information content (AvgIpc) is 2.77. The minimum Gasteiger partial charge on any atom is -0.396 e. The van der Waals surface area contributed by atoms with E-state index in [1.165, 1.54) is 19.3 Å². The smallest absolute Gasteiger partial charge is 0.222 e. The maximum absolute atomic E-state index is 12.3. The highest BCUT2D eigenvalue weighted by atomic mass is 16.3. The molecule has 1 saturated carbocycles. The van der Waals surface area contributed by atoms with Crippen molar-refractivity contribution in [2.75, 3.05) is 46.4 Å². The zero-order valence-electron chi connectivity index (χ0n) is 12.5. The normalized spacial score (nSPS) is 27.1. The number of carbonyl (C=O) groups excluding carboxylic acids is 1. The van der Waals surface area contributed by atoms with Gasteiger partial charge in [-0.15, -0.1) is 0 Å². The first-order chi connectivity index (χ1) is 9.63. The Bertz CT molecular complexity index is 320. The first kappa shape index (κ1) is 15.7. The van der Waals surface area contributed by atoms with Gasteiger partial charge in [-0.1, -0.05) is 6.42 Å². The molecule has 1 aliphatic carbocycles. The van der Waals surface area contributed by atoms with Crippen molar-refractivity contribution >= 4 is 5.91 Å². The van der Waals surface area contributed by atoms with Crippen LogP contribution >= 0.6 is 0 Å². The van der Waals surface area contributed by atoms with E-state index in [4.69, 9.17) is 5.11 Å². The minimum atomic E-state index is 0.144. The maximum Gasteiger partial charge on any atom is 0.222 e. The molecule has 1 amide bonds. The molecular weight excluding hydrogens is 256 g/mol. The van der Waals surface area contributed by atoms with Crippen molar-refractivity contribution in [1.29, 1.82) is 0 Å². The molecular formula is C15H28N2O3. The Morgan fingerprint density at radius 1 is 1.25 bits per heavy atom. The van der Waals surface area contributed by atoms with Crippen molar-refractivity contribution in [3.63, 3.8) is 0 Å². The van der Waals surface area contributed by atoms with Crippen LogP contribution in [0, 0.1) is 17.8 Å². The highest BCUT2D eigenvalue weighted by molar-refractivity contribution is 5.76. The molecule has 0 spiro atoms. The Balaban J connectivity index is 1.82. The minimum absolute atomic E-state index is 0.144. The van der Waals surface area contributed by atoms with Crippen LogP contribution < -0.4 is 0 Å². The summed E-state index contributed by atoms with van der Waals surface area (Å²) in [4.78, 5) is 16.3. The lowest BCUT2D eigenvalue weighted by Crippen LogP contribution is -2.34. The molecule has 0 unspecified atom stereocenters. The second-order valence-electron chi connectivity index (χ2n) is 6.49. The van der Waals surface area contributed by atoms with Crippen LogP contribution in [0.3, 0.4) is 0 Å². The molecule has 20 heavy (non-hydrogen) atoms. The molecule has 0 aromatic rings. The molecule has 116 valence electrons. The van der Waals surface area contributed by atoms with E-state index < -0.39 is 0 Å². The van der Waals surface area contributed by atoms with Crippen molar-refractivity contribution in [2.45, 2.75) is 25.7 Å². The monoisotopic (exact) mass is 284 g/mol. The van der Waals surface area contributed by atoms with Crippen LogP contribution in [0.4, 0.5) is 0 Å². The molecule has 2 atom stereocenters. The van der Waals surface area contributed by atoms with Gasteiger partial charge in [0.15, 0.2) is 0 Å². The Hall–Kier alpha value is -0.650. The molecule has 0 radical (unpaired) electrons. The molecule has 1 aliphatic heterocycles. The first-order valence-electron chi connectivity index (χ1n) is 7.82. The van der Waals surface area contributed by atoms with Crippen LogP contribution in [0.15, 0.2) is 0 Å². The van der Waals surface area contributed by atoms with Gasteiger partial charge >= 0.3 is 0 Å². The predicted octanol–water partition coefficient (Wildman–Crippen LogP) is 0.168. The average molecular weight is 284 g/mol. The number of aliphatic hydroxyl groups is 2. The number of hydrogen-bond acceptors (Lipinski definition) is 4. The van der Waals surface area contributed by atoms with E-state index in [2.05, 4.69) is 4.90 Å². The molecule has 2 fully saturated rings. The summed E-state index contributed by atoms with van der Waals surface area (Å²) in [6.45, 7) is 3.22. The summed E-state index contributed by atoms with van der Waals surface area (Å²) in [5, 5.41) is 18.5. The molecule has 2 aliphatic rings. The molecule has 1 saturated heterocycles. The zero-order chi connectivity index (χ0) is 14.5. The molecule has 0 aromatic heterocycles. The van der Waals surface area contributed by atoms with Gasteiger partial charge in [0.1, 0.15) is 0 Å². The van der Waals surface area contributed by atoms with Gasteiger partial charge in [0.2, 0.25) is 5.91 Å². The molecule has 5 nitrogen and oxygen atoms in total. The molecule has 0 bridgehead atoms. The van der Waals surface area contributed by atoms with Gasteiger partial charge in [-0.2, -0.15) is 0 Å². The number of likely N-dealkylation sites (N-methyl/N-ethyl adjacent to an activating group) is 1. The van der Waals surface area contributed by atoms with Gasteiger partial charge in [0, 0.05) is 45.1 Å². The third kappa shape index (κ3) is 3.93. The van der Waals surface area contributed by atoms with E-state index in [0.717, 1.165) is 13.1 Å². The summed E-state index contributed by atoms with van der Waals surface area (Å²) in [5.41, 5.74) is 0. The van der Waals surface area contributed by atoms with Crippen LogP contribution in [0.25, 0.3) is 0 Å². The largest absolute Gasteiger partial charge is 0.396 e. The van der Waals surface area contributed by atoms with Gasteiger partial charge in [-0.05, 0) is 31.7 Å². The second kappa shape index (κ2) is 7.38. The molecule has 0 aromatic carbocycles. The van der Waals surface area contributed by atoms with E-state index in [1.807, 2.05) is 11.9 Å². The Labute approximate surface area is 121 Å². The topological polar surface area (TPSA) is 64.0 Å². The third-order valence-corrected chi connectivity index (χ3v) is 4.88. The van der Waals surface area contributed by atoms with Crippen molar-refractivity contribution in [2.24, 2.45) is 17.8 Å². The summed E-state index contributed by atoms with van der Waals surface area (Å²) in [6.07, 6.45) is 4.36. The van der Waals surface area contributed by atoms with Crippen LogP contribution in [0.5, 0.6) is 0 Å². The van der Waals surface area contributed by atoms with Crippen molar-refractivity contribution < 1.29 is 15.0 Å². The Kier molecular flexibility index (Phi) is 5.81. The Morgan fingerprint density at radius 3 is 2.50 bits per heavy atom. The van der Waals surface area contributed by atoms with Gasteiger partial charge < -0.3 is 20.0 Å². The van der Waals surface area contributed by atoms with Crippen LogP contribution in [-0.4, -0.2) is 72.4 Å². The van der Waals surface area contributed by atoms with Crippen LogP contribution in [-0.2, 0) is 4.79 Å². The zero-order valence-corrected chi connectivity index (χ0v) is 12.5. The number of amides is 1. The van der Waals surface area contributed by atoms with Crippen molar-refractivity contribution in [3.8, 4) is 0 Å². The fourth-order valence-electron chi connectivity index (χ4n) is 3.29. The van der Waals surface area contributed by atoms with E-state index in [-0.39, 0.29) is 25.0 Å². The summed E-state index contributed by atoms with van der Waals surface area (Å²) in [7, 11) is 1.98. The number of carbonyl (C=O) groups is 1. The lowest BCUT2D eigenvalue weighted by molar-refractivity contribution is -0.132. The standard InChI is InChI=1S/C15H28N2O3/c1-16(5-6-18)8-13-9-17(10-14(13)11-19)15(20)7-12-3-2-4-12/h12-14,18-19H,2-11H2,1H3/t13-,14-/m1/s1. The van der Waals surface area contributed by atoms with Gasteiger partial charge in [0.05, 0.1) is 6.61 Å². The lowest BCUT2D eigenvalue weighted by atomic mass is 9.83. The molecule has 2 N–H and O–H groups in total. The van der Waals surface area contributed by atoms with Crippen LogP contribution in [0.1, 0.15) is 25.7 Å². The second-order valence-corrected chi connectivity index (χ2v) is 6.49. The number of rotatable bonds is 7. The van der Waals surface area contributed by atoms with E-state index in [1.54, 1.807) is 0 Å². The maximum atomic E-state index is 12.3.